The first-order valence-corrected chi connectivity index (χ1v) is 7.12. The van der Waals surface area contributed by atoms with Gasteiger partial charge in [0.05, 0.1) is 12.1 Å². The molecule has 3 aromatic rings. The van der Waals surface area contributed by atoms with E-state index in [0.717, 1.165) is 6.07 Å². The molecule has 0 aliphatic carbocycles. The van der Waals surface area contributed by atoms with Crippen molar-refractivity contribution >= 4 is 21.6 Å². The predicted octanol–water partition coefficient (Wildman–Crippen LogP) is 2.55. The van der Waals surface area contributed by atoms with Gasteiger partial charge in [0.1, 0.15) is 22.2 Å². The molecule has 4 nitrogen and oxygen atoms in total. The Bertz CT molecular complexity index is 844. The van der Waals surface area contributed by atoms with Crippen molar-refractivity contribution in [2.45, 2.75) is 13.1 Å². The Morgan fingerprint density at radius 1 is 1.24 bits per heavy atom. The summed E-state index contributed by atoms with van der Waals surface area (Å²) < 4.78 is 26.8. The molecule has 0 fully saturated rings. The Balaban J connectivity index is 1.70. The molecule has 0 bridgehead atoms. The second-order valence-corrected chi connectivity index (χ2v) is 5.40. The van der Waals surface area contributed by atoms with E-state index in [1.165, 1.54) is 23.5 Å². The van der Waals surface area contributed by atoms with Crippen LogP contribution in [0.3, 0.4) is 0 Å². The number of nitrogens with zero attached hydrogens (tertiary/aromatic N) is 1. The van der Waals surface area contributed by atoms with Crippen molar-refractivity contribution < 1.29 is 8.78 Å². The molecule has 21 heavy (non-hydrogen) atoms. The Hall–Kier alpha value is -2.12. The van der Waals surface area contributed by atoms with E-state index in [1.54, 1.807) is 11.4 Å². The van der Waals surface area contributed by atoms with Gasteiger partial charge in [0.2, 0.25) is 0 Å². The molecule has 0 aliphatic heterocycles. The minimum Gasteiger partial charge on any atom is -0.308 e. The summed E-state index contributed by atoms with van der Waals surface area (Å²) in [6.45, 7) is 0.509. The van der Waals surface area contributed by atoms with Gasteiger partial charge in [-0.2, -0.15) is 0 Å². The van der Waals surface area contributed by atoms with Crippen LogP contribution in [0.5, 0.6) is 0 Å². The molecule has 3 rings (SSSR count). The van der Waals surface area contributed by atoms with Crippen molar-refractivity contribution in [1.82, 2.24) is 15.3 Å². The molecule has 0 aliphatic rings. The lowest BCUT2D eigenvalue weighted by Crippen LogP contribution is -2.19. The number of nitrogens with one attached hydrogen (secondary N) is 2. The summed E-state index contributed by atoms with van der Waals surface area (Å²) in [5, 5.41) is 4.77. The van der Waals surface area contributed by atoms with Crippen LogP contribution >= 0.6 is 11.3 Å². The normalized spacial score (nSPS) is 11.1. The summed E-state index contributed by atoms with van der Waals surface area (Å²) in [4.78, 5) is 18.7. The van der Waals surface area contributed by atoms with E-state index in [4.69, 9.17) is 0 Å². The summed E-state index contributed by atoms with van der Waals surface area (Å²) in [6, 6.07) is 5.21. The fraction of sp³-hybridized carbons (Fsp3) is 0.143. The van der Waals surface area contributed by atoms with E-state index in [0.29, 0.717) is 21.6 Å². The molecular formula is C14H11F2N3OS. The SMILES string of the molecule is O=c1[nH]c(CNCc2ccc(F)cc2F)nc2ccsc12. The Labute approximate surface area is 122 Å². The summed E-state index contributed by atoms with van der Waals surface area (Å²) >= 11 is 1.33. The maximum absolute atomic E-state index is 13.5. The molecular weight excluding hydrogens is 296 g/mol. The number of halogens is 2. The number of hydrogen-bond acceptors (Lipinski definition) is 4. The minimum absolute atomic E-state index is 0.181. The van der Waals surface area contributed by atoms with Crippen LogP contribution in [0, 0.1) is 11.6 Å². The molecule has 0 atom stereocenters. The van der Waals surface area contributed by atoms with Crippen molar-refractivity contribution in [3.05, 3.63) is 63.0 Å². The fourth-order valence-electron chi connectivity index (χ4n) is 1.99. The van der Waals surface area contributed by atoms with Crippen LogP contribution in [-0.2, 0) is 13.1 Å². The van der Waals surface area contributed by atoms with Gasteiger partial charge >= 0.3 is 0 Å². The highest BCUT2D eigenvalue weighted by Crippen LogP contribution is 2.13. The number of benzene rings is 1. The zero-order valence-electron chi connectivity index (χ0n) is 10.8. The average Bonchev–Trinajstić information content (AvgIpc) is 2.90. The molecule has 0 amide bonds. The van der Waals surface area contributed by atoms with Crippen molar-refractivity contribution in [1.29, 1.82) is 0 Å². The second kappa shape index (κ2) is 5.71. The topological polar surface area (TPSA) is 57.8 Å². The van der Waals surface area contributed by atoms with Crippen LogP contribution in [0.2, 0.25) is 0 Å². The minimum atomic E-state index is -0.606. The highest BCUT2D eigenvalue weighted by molar-refractivity contribution is 7.17. The number of hydrogen-bond donors (Lipinski definition) is 2. The summed E-state index contributed by atoms with van der Waals surface area (Å²) in [7, 11) is 0. The van der Waals surface area contributed by atoms with Gasteiger partial charge in [-0.05, 0) is 17.5 Å². The van der Waals surface area contributed by atoms with Crippen LogP contribution in [0.15, 0.2) is 34.4 Å². The molecule has 0 radical (unpaired) electrons. The largest absolute Gasteiger partial charge is 0.308 e. The monoisotopic (exact) mass is 307 g/mol. The third-order valence-corrected chi connectivity index (χ3v) is 3.89. The van der Waals surface area contributed by atoms with Gasteiger partial charge in [-0.15, -0.1) is 11.3 Å². The molecule has 2 N–H and O–H groups in total. The number of aromatic nitrogens is 2. The molecule has 108 valence electrons. The molecule has 2 aromatic heterocycles. The molecule has 0 spiro atoms. The van der Waals surface area contributed by atoms with Crippen molar-refractivity contribution in [2.75, 3.05) is 0 Å². The highest BCUT2D eigenvalue weighted by atomic mass is 32.1. The van der Waals surface area contributed by atoms with E-state index in [1.807, 2.05) is 0 Å². The van der Waals surface area contributed by atoms with Gasteiger partial charge in [0.15, 0.2) is 0 Å². The van der Waals surface area contributed by atoms with Crippen molar-refractivity contribution in [3.63, 3.8) is 0 Å². The third kappa shape index (κ3) is 2.98. The molecule has 1 aromatic carbocycles. The Kier molecular flexibility index (Phi) is 3.76. The van der Waals surface area contributed by atoms with Gasteiger partial charge in [0, 0.05) is 18.2 Å². The molecule has 0 saturated carbocycles. The Morgan fingerprint density at radius 2 is 2.10 bits per heavy atom. The summed E-state index contributed by atoms with van der Waals surface area (Å²) in [5.41, 5.74) is 0.823. The first kappa shape index (κ1) is 13.8. The zero-order valence-corrected chi connectivity index (χ0v) is 11.6. The van der Waals surface area contributed by atoms with Gasteiger partial charge in [0.25, 0.3) is 5.56 Å². The van der Waals surface area contributed by atoms with Gasteiger partial charge < -0.3 is 10.3 Å². The van der Waals surface area contributed by atoms with Gasteiger partial charge in [-0.3, -0.25) is 4.79 Å². The quantitative estimate of drug-likeness (QED) is 0.779. The number of H-pyrrole nitrogens is 1. The molecule has 0 saturated heterocycles. The fourth-order valence-corrected chi connectivity index (χ4v) is 2.71. The Morgan fingerprint density at radius 3 is 2.90 bits per heavy atom. The lowest BCUT2D eigenvalue weighted by Gasteiger charge is -2.06. The van der Waals surface area contributed by atoms with Crippen molar-refractivity contribution in [2.24, 2.45) is 0 Å². The average molecular weight is 307 g/mol. The van der Waals surface area contributed by atoms with Gasteiger partial charge in [-0.1, -0.05) is 6.07 Å². The standard InChI is InChI=1S/C14H11F2N3OS/c15-9-2-1-8(10(16)5-9)6-17-7-12-18-11-3-4-21-13(11)14(20)19-12/h1-5,17H,6-7H2,(H,18,19,20). The molecule has 2 heterocycles. The van der Waals surface area contributed by atoms with Crippen LogP contribution in [0.4, 0.5) is 8.78 Å². The first-order chi connectivity index (χ1) is 10.1. The van der Waals surface area contributed by atoms with E-state index < -0.39 is 11.6 Å². The van der Waals surface area contributed by atoms with Crippen LogP contribution < -0.4 is 10.9 Å². The highest BCUT2D eigenvalue weighted by Gasteiger charge is 2.06. The van der Waals surface area contributed by atoms with Crippen LogP contribution in [-0.4, -0.2) is 9.97 Å². The lowest BCUT2D eigenvalue weighted by atomic mass is 10.2. The summed E-state index contributed by atoms with van der Waals surface area (Å²) in [5.74, 6) is -0.726. The van der Waals surface area contributed by atoms with Gasteiger partial charge in [-0.25, -0.2) is 13.8 Å². The third-order valence-electron chi connectivity index (χ3n) is 2.99. The maximum Gasteiger partial charge on any atom is 0.268 e. The van der Waals surface area contributed by atoms with E-state index in [9.17, 15) is 13.6 Å². The lowest BCUT2D eigenvalue weighted by molar-refractivity contribution is 0.557. The van der Waals surface area contributed by atoms with E-state index in [-0.39, 0.29) is 18.6 Å². The number of fused-ring (bicyclic) bond motifs is 1. The van der Waals surface area contributed by atoms with E-state index in [2.05, 4.69) is 15.3 Å². The van der Waals surface area contributed by atoms with Crippen LogP contribution in [0.25, 0.3) is 10.2 Å². The smallest absolute Gasteiger partial charge is 0.268 e. The zero-order chi connectivity index (χ0) is 14.8. The predicted molar refractivity (Wildman–Crippen MR) is 77.1 cm³/mol. The number of thiophene rings is 1. The first-order valence-electron chi connectivity index (χ1n) is 6.24. The van der Waals surface area contributed by atoms with E-state index >= 15 is 0 Å². The number of rotatable bonds is 4. The second-order valence-electron chi connectivity index (χ2n) is 4.49. The summed E-state index contributed by atoms with van der Waals surface area (Å²) in [6.07, 6.45) is 0. The maximum atomic E-state index is 13.5. The molecule has 7 heteroatoms. The molecule has 0 unspecified atom stereocenters. The van der Waals surface area contributed by atoms with Crippen molar-refractivity contribution in [3.8, 4) is 0 Å². The van der Waals surface area contributed by atoms with Crippen LogP contribution in [0.1, 0.15) is 11.4 Å². The number of aromatic amines is 1.